The summed E-state index contributed by atoms with van der Waals surface area (Å²) in [6.07, 6.45) is 0.774. The number of fused-ring (bicyclic) bond motifs is 1. The van der Waals surface area contributed by atoms with Crippen molar-refractivity contribution in [2.45, 2.75) is 40.2 Å². The molecule has 0 atom stereocenters. The minimum Gasteiger partial charge on any atom is -0.352 e. The lowest BCUT2D eigenvalue weighted by Crippen LogP contribution is -2.23. The highest BCUT2D eigenvalue weighted by atomic mass is 19.1. The van der Waals surface area contributed by atoms with Crippen molar-refractivity contribution in [3.63, 3.8) is 0 Å². The fraction of sp³-hybridized carbons (Fsp3) is 0.316. The summed E-state index contributed by atoms with van der Waals surface area (Å²) < 4.78 is 28.1. The summed E-state index contributed by atoms with van der Waals surface area (Å²) in [4.78, 5) is 16.6. The lowest BCUT2D eigenvalue weighted by Gasteiger charge is -2.11. The van der Waals surface area contributed by atoms with E-state index in [1.807, 2.05) is 26.8 Å². The molecule has 1 aromatic carbocycles. The number of benzene rings is 1. The highest BCUT2D eigenvalue weighted by Gasteiger charge is 2.13. The molecule has 0 aliphatic rings. The van der Waals surface area contributed by atoms with Crippen molar-refractivity contribution in [3.8, 4) is 0 Å². The molecule has 2 aromatic heterocycles. The molecule has 3 rings (SSSR count). The molecule has 3 aromatic rings. The molecule has 26 heavy (non-hydrogen) atoms. The van der Waals surface area contributed by atoms with Crippen molar-refractivity contribution >= 4 is 11.6 Å². The Hall–Kier alpha value is -2.83. The summed E-state index contributed by atoms with van der Waals surface area (Å²) in [5, 5.41) is 7.11. The van der Waals surface area contributed by atoms with Gasteiger partial charge in [-0.05, 0) is 50.5 Å². The SMILES string of the molecule is Cc1cc2nc(C)c(CCC(=O)NCc3cc(F)cc(F)c3)c(C)n2n1. The molecule has 0 fully saturated rings. The van der Waals surface area contributed by atoms with E-state index in [0.717, 1.165) is 34.4 Å². The Labute approximate surface area is 150 Å². The Kier molecular flexibility index (Phi) is 4.97. The van der Waals surface area contributed by atoms with Crippen LogP contribution in [0.4, 0.5) is 8.78 Å². The van der Waals surface area contributed by atoms with Crippen LogP contribution in [0.1, 0.15) is 34.6 Å². The molecule has 0 aliphatic carbocycles. The van der Waals surface area contributed by atoms with Crippen molar-refractivity contribution in [2.24, 2.45) is 0 Å². The number of carbonyl (C=O) groups excluding carboxylic acids is 1. The van der Waals surface area contributed by atoms with Gasteiger partial charge in [0.1, 0.15) is 11.6 Å². The Morgan fingerprint density at radius 3 is 2.50 bits per heavy atom. The molecule has 1 amide bonds. The summed E-state index contributed by atoms with van der Waals surface area (Å²) in [6, 6.07) is 5.12. The molecule has 0 radical (unpaired) electrons. The first-order valence-corrected chi connectivity index (χ1v) is 8.37. The molecule has 1 N–H and O–H groups in total. The predicted octanol–water partition coefficient (Wildman–Crippen LogP) is 3.18. The van der Waals surface area contributed by atoms with Crippen LogP contribution >= 0.6 is 0 Å². The highest BCUT2D eigenvalue weighted by Crippen LogP contribution is 2.17. The van der Waals surface area contributed by atoms with Crippen molar-refractivity contribution in [1.29, 1.82) is 0 Å². The topological polar surface area (TPSA) is 59.3 Å². The first kappa shape index (κ1) is 18.0. The highest BCUT2D eigenvalue weighted by molar-refractivity contribution is 5.76. The summed E-state index contributed by atoms with van der Waals surface area (Å²) >= 11 is 0. The summed E-state index contributed by atoms with van der Waals surface area (Å²) in [7, 11) is 0. The molecule has 0 saturated heterocycles. The zero-order chi connectivity index (χ0) is 18.8. The summed E-state index contributed by atoms with van der Waals surface area (Å²) in [6.45, 7) is 5.86. The summed E-state index contributed by atoms with van der Waals surface area (Å²) in [5.41, 5.74) is 4.87. The van der Waals surface area contributed by atoms with Crippen molar-refractivity contribution < 1.29 is 13.6 Å². The Morgan fingerprint density at radius 2 is 1.81 bits per heavy atom. The third-order valence-electron chi connectivity index (χ3n) is 4.30. The Bertz CT molecular complexity index is 961. The van der Waals surface area contributed by atoms with Gasteiger partial charge in [-0.3, -0.25) is 4.79 Å². The number of carbonyl (C=O) groups is 1. The van der Waals surface area contributed by atoms with Gasteiger partial charge in [0.2, 0.25) is 5.91 Å². The third kappa shape index (κ3) is 3.87. The standard InChI is InChI=1S/C19H20F2N4O/c1-11-6-18-23-12(2)17(13(3)25(18)24-11)4-5-19(26)22-10-14-7-15(20)9-16(21)8-14/h6-9H,4-5,10H2,1-3H3,(H,22,26). The first-order valence-electron chi connectivity index (χ1n) is 8.37. The van der Waals surface area contributed by atoms with Gasteiger partial charge in [-0.15, -0.1) is 0 Å². The zero-order valence-corrected chi connectivity index (χ0v) is 14.9. The number of hydrogen-bond acceptors (Lipinski definition) is 3. The average molecular weight is 358 g/mol. The number of aryl methyl sites for hydroxylation is 3. The van der Waals surface area contributed by atoms with Gasteiger partial charge >= 0.3 is 0 Å². The molecule has 5 nitrogen and oxygen atoms in total. The van der Waals surface area contributed by atoms with Crippen molar-refractivity contribution in [1.82, 2.24) is 19.9 Å². The fourth-order valence-corrected chi connectivity index (χ4v) is 3.04. The van der Waals surface area contributed by atoms with E-state index in [0.29, 0.717) is 12.0 Å². The fourth-order valence-electron chi connectivity index (χ4n) is 3.04. The second-order valence-electron chi connectivity index (χ2n) is 6.37. The smallest absolute Gasteiger partial charge is 0.220 e. The molecule has 136 valence electrons. The zero-order valence-electron chi connectivity index (χ0n) is 14.9. The van der Waals surface area contributed by atoms with Crippen LogP contribution in [0.2, 0.25) is 0 Å². The molecule has 0 spiro atoms. The van der Waals surface area contributed by atoms with E-state index in [2.05, 4.69) is 15.4 Å². The number of rotatable bonds is 5. The number of nitrogens with zero attached hydrogens (tertiary/aromatic N) is 3. The van der Waals surface area contributed by atoms with Gasteiger partial charge in [0.25, 0.3) is 0 Å². The van der Waals surface area contributed by atoms with Crippen LogP contribution in [0.15, 0.2) is 24.3 Å². The van der Waals surface area contributed by atoms with Crippen LogP contribution in [-0.2, 0) is 17.8 Å². The van der Waals surface area contributed by atoms with Gasteiger partial charge in [0.05, 0.1) is 5.69 Å². The molecule has 0 unspecified atom stereocenters. The number of halogens is 2. The molecule has 0 saturated carbocycles. The van der Waals surface area contributed by atoms with Crippen LogP contribution in [0.5, 0.6) is 0 Å². The summed E-state index contributed by atoms with van der Waals surface area (Å²) in [5.74, 6) is -1.51. The molecule has 7 heteroatoms. The lowest BCUT2D eigenvalue weighted by molar-refractivity contribution is -0.121. The van der Waals surface area contributed by atoms with Crippen LogP contribution in [-0.4, -0.2) is 20.5 Å². The average Bonchev–Trinajstić information content (AvgIpc) is 2.92. The van der Waals surface area contributed by atoms with Gasteiger partial charge in [0.15, 0.2) is 5.65 Å². The monoisotopic (exact) mass is 358 g/mol. The maximum Gasteiger partial charge on any atom is 0.220 e. The van der Waals surface area contributed by atoms with E-state index in [4.69, 9.17) is 0 Å². The van der Waals surface area contributed by atoms with E-state index in [1.165, 1.54) is 12.1 Å². The molecule has 0 bridgehead atoms. The number of hydrogen-bond donors (Lipinski definition) is 1. The van der Waals surface area contributed by atoms with Crippen LogP contribution in [0, 0.1) is 32.4 Å². The minimum atomic E-state index is -0.658. The van der Waals surface area contributed by atoms with Crippen molar-refractivity contribution in [2.75, 3.05) is 0 Å². The number of aromatic nitrogens is 3. The van der Waals surface area contributed by atoms with Gasteiger partial charge in [-0.2, -0.15) is 5.10 Å². The van der Waals surface area contributed by atoms with Crippen LogP contribution in [0.3, 0.4) is 0 Å². The maximum absolute atomic E-state index is 13.2. The van der Waals surface area contributed by atoms with E-state index in [1.54, 1.807) is 4.52 Å². The Balaban J connectivity index is 1.65. The van der Waals surface area contributed by atoms with E-state index in [-0.39, 0.29) is 18.9 Å². The van der Waals surface area contributed by atoms with Gasteiger partial charge in [-0.1, -0.05) is 0 Å². The van der Waals surface area contributed by atoms with Gasteiger partial charge < -0.3 is 5.32 Å². The molecule has 2 heterocycles. The van der Waals surface area contributed by atoms with Crippen LogP contribution < -0.4 is 5.32 Å². The van der Waals surface area contributed by atoms with E-state index in [9.17, 15) is 13.6 Å². The Morgan fingerprint density at radius 1 is 1.12 bits per heavy atom. The predicted molar refractivity (Wildman–Crippen MR) is 93.7 cm³/mol. The van der Waals surface area contributed by atoms with Crippen LogP contribution in [0.25, 0.3) is 5.65 Å². The second-order valence-corrected chi connectivity index (χ2v) is 6.37. The lowest BCUT2D eigenvalue weighted by atomic mass is 10.1. The first-order chi connectivity index (χ1) is 12.3. The third-order valence-corrected chi connectivity index (χ3v) is 4.30. The number of nitrogens with one attached hydrogen (secondary N) is 1. The van der Waals surface area contributed by atoms with Gasteiger partial charge in [0, 0.05) is 36.5 Å². The minimum absolute atomic E-state index is 0.0844. The number of amides is 1. The molecule has 0 aliphatic heterocycles. The largest absolute Gasteiger partial charge is 0.352 e. The maximum atomic E-state index is 13.2. The molecular weight excluding hydrogens is 338 g/mol. The second kappa shape index (κ2) is 7.19. The van der Waals surface area contributed by atoms with Crippen molar-refractivity contribution in [3.05, 3.63) is 64.1 Å². The quantitative estimate of drug-likeness (QED) is 0.762. The molecular formula is C19H20F2N4O. The van der Waals surface area contributed by atoms with E-state index < -0.39 is 11.6 Å². The normalized spacial score (nSPS) is 11.1. The van der Waals surface area contributed by atoms with Gasteiger partial charge in [-0.25, -0.2) is 18.3 Å². The van der Waals surface area contributed by atoms with E-state index >= 15 is 0 Å².